The van der Waals surface area contributed by atoms with E-state index in [4.69, 9.17) is 21.7 Å². The van der Waals surface area contributed by atoms with Crippen LogP contribution in [-0.2, 0) is 6.61 Å². The van der Waals surface area contributed by atoms with Crippen LogP contribution in [0.2, 0.25) is 0 Å². The molecule has 0 unspecified atom stereocenters. The largest absolute Gasteiger partial charge is 0.493 e. The molecule has 0 fully saturated rings. The summed E-state index contributed by atoms with van der Waals surface area (Å²) in [6.07, 6.45) is 1.70. The van der Waals surface area contributed by atoms with E-state index in [-0.39, 0.29) is 0 Å². The summed E-state index contributed by atoms with van der Waals surface area (Å²) >= 11 is 5.14. The molecule has 1 N–H and O–H groups in total. The van der Waals surface area contributed by atoms with Crippen molar-refractivity contribution in [3.63, 3.8) is 0 Å². The van der Waals surface area contributed by atoms with Crippen molar-refractivity contribution in [2.24, 2.45) is 5.10 Å². The van der Waals surface area contributed by atoms with E-state index in [1.54, 1.807) is 18.0 Å². The molecule has 3 aromatic rings. The second kappa shape index (κ2) is 7.97. The van der Waals surface area contributed by atoms with E-state index < -0.39 is 0 Å². The smallest absolute Gasteiger partial charge is 0.216 e. The van der Waals surface area contributed by atoms with E-state index in [0.717, 1.165) is 11.1 Å². The molecule has 0 saturated heterocycles. The molecular formula is C19H20N4O2S. The fraction of sp³-hybridized carbons (Fsp3) is 0.211. The Balaban J connectivity index is 1.77. The van der Waals surface area contributed by atoms with Gasteiger partial charge in [-0.2, -0.15) is 14.9 Å². The van der Waals surface area contributed by atoms with Gasteiger partial charge in [0.2, 0.25) is 4.77 Å². The minimum Gasteiger partial charge on any atom is -0.493 e. The van der Waals surface area contributed by atoms with Crippen molar-refractivity contribution in [1.82, 2.24) is 14.9 Å². The molecule has 0 saturated carbocycles. The number of H-pyrrole nitrogens is 1. The first-order chi connectivity index (χ1) is 12.6. The lowest BCUT2D eigenvalue weighted by Gasteiger charge is -2.12. The van der Waals surface area contributed by atoms with Crippen LogP contribution in [0.15, 0.2) is 47.6 Å². The highest BCUT2D eigenvalue weighted by Crippen LogP contribution is 2.28. The van der Waals surface area contributed by atoms with Crippen molar-refractivity contribution < 1.29 is 9.47 Å². The van der Waals surface area contributed by atoms with Crippen LogP contribution in [0.3, 0.4) is 0 Å². The summed E-state index contributed by atoms with van der Waals surface area (Å²) in [5, 5.41) is 11.1. The Bertz CT molecular complexity index is 991. The van der Waals surface area contributed by atoms with Crippen LogP contribution in [0.25, 0.3) is 0 Å². The van der Waals surface area contributed by atoms with Crippen molar-refractivity contribution in [3.8, 4) is 11.5 Å². The average molecular weight is 368 g/mol. The van der Waals surface area contributed by atoms with Crippen molar-refractivity contribution in [1.29, 1.82) is 0 Å². The minimum absolute atomic E-state index is 0.448. The summed E-state index contributed by atoms with van der Waals surface area (Å²) < 4.78 is 13.4. The molecule has 0 bridgehead atoms. The third kappa shape index (κ3) is 4.00. The highest BCUT2D eigenvalue weighted by Gasteiger charge is 2.07. The fourth-order valence-electron chi connectivity index (χ4n) is 2.44. The fourth-order valence-corrected chi connectivity index (χ4v) is 2.67. The number of nitrogens with zero attached hydrogens (tertiary/aromatic N) is 3. The zero-order valence-corrected chi connectivity index (χ0v) is 15.7. The van der Waals surface area contributed by atoms with Crippen molar-refractivity contribution in [2.45, 2.75) is 20.5 Å². The Morgan fingerprint density at radius 3 is 2.69 bits per heavy atom. The Hall–Kier alpha value is -2.93. The van der Waals surface area contributed by atoms with Crippen LogP contribution >= 0.6 is 12.2 Å². The molecule has 0 atom stereocenters. The molecule has 1 heterocycles. The minimum atomic E-state index is 0.448. The third-order valence-corrected chi connectivity index (χ3v) is 4.23. The second-order valence-corrected chi connectivity index (χ2v) is 6.14. The molecule has 0 spiro atoms. The molecule has 0 amide bonds. The van der Waals surface area contributed by atoms with Crippen molar-refractivity contribution >= 4 is 18.4 Å². The lowest BCUT2D eigenvalue weighted by Crippen LogP contribution is -2.00. The number of aromatic nitrogens is 3. The predicted molar refractivity (Wildman–Crippen MR) is 104 cm³/mol. The molecule has 134 valence electrons. The maximum Gasteiger partial charge on any atom is 0.216 e. The van der Waals surface area contributed by atoms with Crippen LogP contribution in [-0.4, -0.2) is 28.2 Å². The van der Waals surface area contributed by atoms with Crippen molar-refractivity contribution in [2.75, 3.05) is 7.11 Å². The highest BCUT2D eigenvalue weighted by molar-refractivity contribution is 7.71. The molecule has 1 aromatic heterocycles. The van der Waals surface area contributed by atoms with Gasteiger partial charge >= 0.3 is 0 Å². The predicted octanol–water partition coefficient (Wildman–Crippen LogP) is 4.03. The standard InChI is InChI=1S/C19H20N4O2S/c1-13-6-4-5-7-16(13)12-25-17-9-8-15(10-18(17)24-3)11-20-23-14(2)21-22-19(23)26/h4-11H,12H2,1-3H3,(H,22,26)/b20-11+. The third-order valence-electron chi connectivity index (χ3n) is 3.97. The number of benzene rings is 2. The summed E-state index contributed by atoms with van der Waals surface area (Å²) in [5.41, 5.74) is 3.21. The van der Waals surface area contributed by atoms with Gasteiger partial charge in [-0.1, -0.05) is 24.3 Å². The summed E-state index contributed by atoms with van der Waals surface area (Å²) in [6, 6.07) is 13.8. The SMILES string of the molecule is COc1cc(/C=N/n2c(C)n[nH]c2=S)ccc1OCc1ccccc1C. The van der Waals surface area contributed by atoms with E-state index in [0.29, 0.717) is 28.7 Å². The van der Waals surface area contributed by atoms with E-state index >= 15 is 0 Å². The van der Waals surface area contributed by atoms with Gasteiger partial charge in [0.1, 0.15) is 12.4 Å². The average Bonchev–Trinajstić information content (AvgIpc) is 2.97. The number of rotatable bonds is 6. The quantitative estimate of drug-likeness (QED) is 0.527. The van der Waals surface area contributed by atoms with E-state index in [9.17, 15) is 0 Å². The van der Waals surface area contributed by atoms with Gasteiger partial charge in [-0.05, 0) is 61.0 Å². The van der Waals surface area contributed by atoms with E-state index in [1.165, 1.54) is 5.56 Å². The molecule has 0 aliphatic heterocycles. The summed E-state index contributed by atoms with van der Waals surface area (Å²) in [5.74, 6) is 2.02. The van der Waals surface area contributed by atoms with Crippen LogP contribution in [0.5, 0.6) is 11.5 Å². The number of hydrogen-bond donors (Lipinski definition) is 1. The van der Waals surface area contributed by atoms with Gasteiger partial charge < -0.3 is 9.47 Å². The van der Waals surface area contributed by atoms with Gasteiger partial charge in [0, 0.05) is 0 Å². The molecule has 0 aliphatic rings. The van der Waals surface area contributed by atoms with Crippen LogP contribution in [0.1, 0.15) is 22.5 Å². The maximum atomic E-state index is 5.93. The zero-order valence-electron chi connectivity index (χ0n) is 14.9. The first-order valence-electron chi connectivity index (χ1n) is 8.12. The van der Waals surface area contributed by atoms with E-state index in [1.807, 2.05) is 37.3 Å². The molecule has 0 aliphatic carbocycles. The Morgan fingerprint density at radius 2 is 2.00 bits per heavy atom. The summed E-state index contributed by atoms with van der Waals surface area (Å²) in [6.45, 7) is 4.38. The molecule has 0 radical (unpaired) electrons. The highest BCUT2D eigenvalue weighted by atomic mass is 32.1. The molecule has 6 nitrogen and oxygen atoms in total. The molecule has 7 heteroatoms. The Morgan fingerprint density at radius 1 is 1.19 bits per heavy atom. The maximum absolute atomic E-state index is 5.93. The molecular weight excluding hydrogens is 348 g/mol. The van der Waals surface area contributed by atoms with Gasteiger partial charge in [0.05, 0.1) is 13.3 Å². The molecule has 2 aromatic carbocycles. The van der Waals surface area contributed by atoms with Gasteiger partial charge in [-0.15, -0.1) is 0 Å². The van der Waals surface area contributed by atoms with Gasteiger partial charge in [0.25, 0.3) is 0 Å². The zero-order chi connectivity index (χ0) is 18.5. The van der Waals surface area contributed by atoms with Gasteiger partial charge in [-0.25, -0.2) is 0 Å². The monoisotopic (exact) mass is 368 g/mol. The first-order valence-corrected chi connectivity index (χ1v) is 8.53. The summed E-state index contributed by atoms with van der Waals surface area (Å²) in [7, 11) is 1.62. The second-order valence-electron chi connectivity index (χ2n) is 5.76. The van der Waals surface area contributed by atoms with Gasteiger partial charge in [0.15, 0.2) is 11.5 Å². The number of nitrogens with one attached hydrogen (secondary N) is 1. The molecule has 26 heavy (non-hydrogen) atoms. The Kier molecular flexibility index (Phi) is 5.48. The number of aryl methyl sites for hydroxylation is 2. The van der Waals surface area contributed by atoms with Gasteiger partial charge in [-0.3, -0.25) is 5.10 Å². The van der Waals surface area contributed by atoms with Crippen molar-refractivity contribution in [3.05, 3.63) is 69.8 Å². The number of aromatic amines is 1. The lowest BCUT2D eigenvalue weighted by atomic mass is 10.1. The normalized spacial score (nSPS) is 11.0. The number of ether oxygens (including phenoxy) is 2. The Labute approximate surface area is 157 Å². The summed E-state index contributed by atoms with van der Waals surface area (Å²) in [4.78, 5) is 0. The topological polar surface area (TPSA) is 64.4 Å². The van der Waals surface area contributed by atoms with E-state index in [2.05, 4.69) is 34.4 Å². The van der Waals surface area contributed by atoms with Crippen LogP contribution < -0.4 is 9.47 Å². The lowest BCUT2D eigenvalue weighted by molar-refractivity contribution is 0.284. The van der Waals surface area contributed by atoms with Crippen LogP contribution in [0, 0.1) is 18.6 Å². The van der Waals surface area contributed by atoms with Crippen LogP contribution in [0.4, 0.5) is 0 Å². The number of methoxy groups -OCH3 is 1. The first kappa shape index (κ1) is 17.9. The number of hydrogen-bond acceptors (Lipinski definition) is 5. The molecule has 3 rings (SSSR count).